The van der Waals surface area contributed by atoms with Crippen LogP contribution in [0.5, 0.6) is 5.75 Å². The van der Waals surface area contributed by atoms with Gasteiger partial charge in [-0.3, -0.25) is 4.90 Å². The Bertz CT molecular complexity index is 919. The van der Waals surface area contributed by atoms with Gasteiger partial charge in [-0.25, -0.2) is 9.59 Å². The lowest BCUT2D eigenvalue weighted by Crippen LogP contribution is -2.48. The van der Waals surface area contributed by atoms with E-state index >= 15 is 0 Å². The van der Waals surface area contributed by atoms with Crippen LogP contribution >= 0.6 is 0 Å². The second-order valence-corrected chi connectivity index (χ2v) is 8.92. The summed E-state index contributed by atoms with van der Waals surface area (Å²) in [5, 5.41) is 45.9. The van der Waals surface area contributed by atoms with Gasteiger partial charge in [0.1, 0.15) is 12.8 Å². The quantitative estimate of drug-likeness (QED) is 0.152. The lowest BCUT2D eigenvalue weighted by molar-refractivity contribution is -0.865. The Morgan fingerprint density at radius 2 is 1.81 bits per heavy atom. The van der Waals surface area contributed by atoms with Gasteiger partial charge in [-0.15, -0.1) is 5.43 Å². The molecule has 13 nitrogen and oxygen atoms in total. The smallest absolute Gasteiger partial charge is 0.335 e. The number of carbonyl (C=O) groups is 2. The van der Waals surface area contributed by atoms with Crippen molar-refractivity contribution in [3.8, 4) is 5.75 Å². The van der Waals surface area contributed by atoms with Gasteiger partial charge in [-0.05, 0) is 55.1 Å². The number of hydrogen-bond acceptors (Lipinski definition) is 10. The molecule has 1 aromatic rings. The van der Waals surface area contributed by atoms with Crippen LogP contribution < -0.4 is 10.2 Å². The number of carboxylic acids is 2. The van der Waals surface area contributed by atoms with Crippen LogP contribution in [0.15, 0.2) is 34.4 Å². The van der Waals surface area contributed by atoms with Crippen LogP contribution in [0.4, 0.5) is 0 Å². The number of benzene rings is 1. The monoisotopic (exact) mass is 524 g/mol. The molecule has 206 valence electrons. The van der Waals surface area contributed by atoms with Crippen LogP contribution in [-0.2, 0) is 16.1 Å². The first-order chi connectivity index (χ1) is 17.6. The number of aliphatic hydroxyl groups is 3. The first kappa shape index (κ1) is 30.3. The Balaban J connectivity index is 0.000000410. The van der Waals surface area contributed by atoms with Crippen LogP contribution in [0.3, 0.4) is 0 Å². The summed E-state index contributed by atoms with van der Waals surface area (Å²) in [7, 11) is 1.93. The summed E-state index contributed by atoms with van der Waals surface area (Å²) in [4.78, 5) is 26.3. The predicted octanol–water partition coefficient (Wildman–Crippen LogP) is 0.00780. The molecule has 0 spiro atoms. The number of likely N-dealkylation sites (tertiary alicyclic amines) is 1. The van der Waals surface area contributed by atoms with E-state index in [0.717, 1.165) is 25.3 Å². The number of amidine groups is 1. The molecule has 3 unspecified atom stereocenters. The molecule has 0 aliphatic carbocycles. The van der Waals surface area contributed by atoms with E-state index in [1.807, 2.05) is 13.1 Å². The maximum Gasteiger partial charge on any atom is 0.335 e. The van der Waals surface area contributed by atoms with E-state index in [1.165, 1.54) is 37.9 Å². The largest absolute Gasteiger partial charge is 0.494 e. The minimum atomic E-state index is -2.27. The second-order valence-electron chi connectivity index (χ2n) is 8.92. The number of ether oxygens (including phenoxy) is 1. The number of carboxylic acid groups (broad SMARTS) is 2. The van der Waals surface area contributed by atoms with Crippen molar-refractivity contribution in [3.63, 3.8) is 0 Å². The number of quaternary nitrogens is 1. The fourth-order valence-corrected chi connectivity index (χ4v) is 3.71. The van der Waals surface area contributed by atoms with Crippen molar-refractivity contribution >= 4 is 24.1 Å². The summed E-state index contributed by atoms with van der Waals surface area (Å²) in [6, 6.07) is 8.45. The Morgan fingerprint density at radius 3 is 2.43 bits per heavy atom. The van der Waals surface area contributed by atoms with Gasteiger partial charge in [0.25, 0.3) is 0 Å². The SMILES string of the molecule is C[N+]1(NCCCOc2cccc(CN3CCCCC3)c2)C=NC(CCO)=N1.O=C(O)C(O)C(O)C(=O)O. The Hall–Kier alpha value is -2.94. The number of nitrogens with one attached hydrogen (secondary N) is 1. The van der Waals surface area contributed by atoms with Gasteiger partial charge in [0.05, 0.1) is 19.8 Å². The molecule has 0 saturated carbocycles. The minimum Gasteiger partial charge on any atom is -0.494 e. The standard InChI is InChI=1S/C20H32N5O2.C4H6O6/c1-25(17-21-20(23-25)9-13-26)22-10-6-14-27-19-8-5-7-18(15-19)16-24-11-3-2-4-12-24;5-1(3(7)8)2(6)4(9)10/h5,7-8,15,17,22,26H,2-4,6,9-14,16H2,1H3;1-2,5-6H,(H,7,8)(H,9,10)/q+1;. The van der Waals surface area contributed by atoms with E-state index in [0.29, 0.717) is 18.9 Å². The third kappa shape index (κ3) is 10.9. The van der Waals surface area contributed by atoms with E-state index in [4.69, 9.17) is 30.3 Å². The van der Waals surface area contributed by atoms with Crippen LogP contribution in [0.1, 0.15) is 37.7 Å². The maximum atomic E-state index is 9.77. The summed E-state index contributed by atoms with van der Waals surface area (Å²) < 4.78 is 6.15. The molecule has 2 aliphatic heterocycles. The van der Waals surface area contributed by atoms with Crippen LogP contribution in [-0.4, -0.2) is 111 Å². The summed E-state index contributed by atoms with van der Waals surface area (Å²) in [6.07, 6.45) is 2.58. The molecule has 0 radical (unpaired) electrons. The number of hydrogen-bond donors (Lipinski definition) is 6. The van der Waals surface area contributed by atoms with Crippen molar-refractivity contribution in [2.24, 2.45) is 10.1 Å². The lowest BCUT2D eigenvalue weighted by atomic mass is 10.1. The molecular formula is C24H38N5O8+. The molecule has 1 aromatic carbocycles. The van der Waals surface area contributed by atoms with E-state index < -0.39 is 24.1 Å². The first-order valence-corrected chi connectivity index (χ1v) is 12.3. The molecule has 2 heterocycles. The van der Waals surface area contributed by atoms with Crippen molar-refractivity contribution in [2.45, 2.75) is 50.9 Å². The van der Waals surface area contributed by atoms with Gasteiger partial charge >= 0.3 is 11.9 Å². The molecule has 13 heteroatoms. The lowest BCUT2D eigenvalue weighted by Gasteiger charge is -2.26. The highest BCUT2D eigenvalue weighted by atomic mass is 16.5. The zero-order chi connectivity index (χ0) is 27.3. The van der Waals surface area contributed by atoms with Crippen molar-refractivity contribution in [3.05, 3.63) is 29.8 Å². The highest BCUT2D eigenvalue weighted by molar-refractivity contribution is 5.90. The molecule has 1 fully saturated rings. The maximum absolute atomic E-state index is 9.77. The summed E-state index contributed by atoms with van der Waals surface area (Å²) >= 11 is 0. The highest BCUT2D eigenvalue weighted by Gasteiger charge is 2.29. The number of aliphatic imine (C=N–C) groups is 1. The van der Waals surface area contributed by atoms with Crippen LogP contribution in [0.2, 0.25) is 0 Å². The van der Waals surface area contributed by atoms with Crippen molar-refractivity contribution in [1.29, 1.82) is 0 Å². The number of piperidine rings is 1. The van der Waals surface area contributed by atoms with Gasteiger partial charge < -0.3 is 30.3 Å². The zero-order valence-electron chi connectivity index (χ0n) is 21.1. The van der Waals surface area contributed by atoms with Gasteiger partial charge in [-0.1, -0.05) is 23.3 Å². The van der Waals surface area contributed by atoms with Gasteiger partial charge in [0.2, 0.25) is 6.34 Å². The molecule has 0 bridgehead atoms. The van der Waals surface area contributed by atoms with E-state index in [-0.39, 0.29) is 11.3 Å². The second kappa shape index (κ2) is 15.3. The van der Waals surface area contributed by atoms with Crippen molar-refractivity contribution in [2.75, 3.05) is 39.9 Å². The fraction of sp³-hybridized carbons (Fsp3) is 0.583. The number of aliphatic carboxylic acids is 2. The summed E-state index contributed by atoms with van der Waals surface area (Å²) in [5.74, 6) is -1.92. The molecule has 37 heavy (non-hydrogen) atoms. The van der Waals surface area contributed by atoms with Gasteiger partial charge in [0, 0.05) is 13.0 Å². The van der Waals surface area contributed by atoms with Crippen LogP contribution in [0, 0.1) is 0 Å². The topological polar surface area (TPSA) is 185 Å². The predicted molar refractivity (Wildman–Crippen MR) is 135 cm³/mol. The molecule has 2 aliphatic rings. The van der Waals surface area contributed by atoms with Crippen molar-refractivity contribution in [1.82, 2.24) is 10.3 Å². The number of nitrogens with zero attached hydrogens (tertiary/aromatic N) is 4. The normalized spacial score (nSPS) is 20.9. The average molecular weight is 525 g/mol. The van der Waals surface area contributed by atoms with Crippen LogP contribution in [0.25, 0.3) is 0 Å². The molecule has 6 N–H and O–H groups in total. The van der Waals surface area contributed by atoms with E-state index in [9.17, 15) is 9.59 Å². The molecule has 3 atom stereocenters. The fourth-order valence-electron chi connectivity index (χ4n) is 3.71. The third-order valence-electron chi connectivity index (χ3n) is 5.67. The highest BCUT2D eigenvalue weighted by Crippen LogP contribution is 2.18. The molecular weight excluding hydrogens is 486 g/mol. The molecule has 0 amide bonds. The summed E-state index contributed by atoms with van der Waals surface area (Å²) in [5.41, 5.74) is 4.65. The number of rotatable bonds is 13. The van der Waals surface area contributed by atoms with E-state index in [1.54, 1.807) is 6.34 Å². The third-order valence-corrected chi connectivity index (χ3v) is 5.67. The summed E-state index contributed by atoms with van der Waals surface area (Å²) in [6.45, 7) is 4.93. The first-order valence-electron chi connectivity index (χ1n) is 12.3. The molecule has 1 saturated heterocycles. The number of aliphatic hydroxyl groups excluding tert-OH is 3. The Labute approximate surface area is 215 Å². The Morgan fingerprint density at radius 1 is 1.14 bits per heavy atom. The zero-order valence-corrected chi connectivity index (χ0v) is 21.1. The average Bonchev–Trinajstić information content (AvgIpc) is 3.24. The molecule has 0 aromatic heterocycles. The minimum absolute atomic E-state index is 0.0703. The van der Waals surface area contributed by atoms with Crippen molar-refractivity contribution < 1.29 is 44.6 Å². The Kier molecular flexibility index (Phi) is 12.6. The van der Waals surface area contributed by atoms with Gasteiger partial charge in [-0.2, -0.15) is 4.99 Å². The van der Waals surface area contributed by atoms with E-state index in [2.05, 4.69) is 38.6 Å². The molecule has 3 rings (SSSR count). The van der Waals surface area contributed by atoms with Gasteiger partial charge in [0.15, 0.2) is 18.0 Å².